The van der Waals surface area contributed by atoms with E-state index in [0.29, 0.717) is 10.8 Å². The first-order valence-electron chi connectivity index (χ1n) is 4.79. The highest BCUT2D eigenvalue weighted by Gasteiger charge is 2.01. The molecule has 0 saturated carbocycles. The molecule has 0 aliphatic heterocycles. The predicted octanol–water partition coefficient (Wildman–Crippen LogP) is 3.86. The summed E-state index contributed by atoms with van der Waals surface area (Å²) in [5.41, 5.74) is 0.758. The van der Waals surface area contributed by atoms with Crippen LogP contribution in [0.1, 0.15) is 5.56 Å². The van der Waals surface area contributed by atoms with Crippen LogP contribution in [0.3, 0.4) is 0 Å². The van der Waals surface area contributed by atoms with Crippen molar-refractivity contribution in [2.75, 3.05) is 0 Å². The Morgan fingerprint density at radius 3 is 2.88 bits per heavy atom. The van der Waals surface area contributed by atoms with Gasteiger partial charge in [0, 0.05) is 6.07 Å². The molecule has 2 aromatic rings. The van der Waals surface area contributed by atoms with E-state index in [0.717, 1.165) is 5.56 Å². The van der Waals surface area contributed by atoms with Gasteiger partial charge >= 0.3 is 0 Å². The lowest BCUT2D eigenvalue weighted by Crippen LogP contribution is -1.96. The largest absolute Gasteiger partial charge is 0.487 e. The second-order valence-corrected chi connectivity index (χ2v) is 3.67. The first-order valence-corrected chi connectivity index (χ1v) is 5.17. The monoisotopic (exact) mass is 235 g/mol. The third-order valence-electron chi connectivity index (χ3n) is 2.04. The lowest BCUT2D eigenvalue weighted by molar-refractivity contribution is 0.305. The van der Waals surface area contributed by atoms with E-state index in [9.17, 15) is 4.39 Å². The summed E-state index contributed by atoms with van der Waals surface area (Å²) in [5, 5.41) is 0.499. The van der Waals surface area contributed by atoms with E-state index in [1.807, 2.05) is 0 Å². The molecule has 0 spiro atoms. The van der Waals surface area contributed by atoms with Gasteiger partial charge in [-0.2, -0.15) is 0 Å². The fraction of sp³-hybridized carbons (Fsp3) is 0.0769. The summed E-state index contributed by atoms with van der Waals surface area (Å²) in [6.07, 6.45) is 0. The Kier molecular flexibility index (Phi) is 3.42. The summed E-state index contributed by atoms with van der Waals surface area (Å²) in [4.78, 5) is 0. The van der Waals surface area contributed by atoms with Crippen molar-refractivity contribution in [2.45, 2.75) is 6.61 Å². The number of rotatable bonds is 3. The Morgan fingerprint density at radius 2 is 2.12 bits per heavy atom. The van der Waals surface area contributed by atoms with E-state index in [1.54, 1.807) is 30.3 Å². The molecule has 0 fully saturated rings. The van der Waals surface area contributed by atoms with E-state index >= 15 is 0 Å². The van der Waals surface area contributed by atoms with Gasteiger partial charge in [0.2, 0.25) is 0 Å². The molecule has 0 bridgehead atoms. The number of para-hydroxylation sites is 1. The van der Waals surface area contributed by atoms with Gasteiger partial charge in [-0.05, 0) is 23.8 Å². The van der Waals surface area contributed by atoms with Crippen LogP contribution in [0.2, 0.25) is 5.02 Å². The Bertz CT molecular complexity index is 485. The summed E-state index contributed by atoms with van der Waals surface area (Å²) >= 11 is 5.89. The van der Waals surface area contributed by atoms with E-state index in [4.69, 9.17) is 16.3 Å². The topological polar surface area (TPSA) is 9.23 Å². The molecule has 2 rings (SSSR count). The maximum atomic E-state index is 12.9. The molecule has 3 heteroatoms. The molecular weight excluding hydrogens is 227 g/mol. The first kappa shape index (κ1) is 11.0. The lowest BCUT2D eigenvalue weighted by Gasteiger charge is -2.07. The lowest BCUT2D eigenvalue weighted by atomic mass is 10.2. The van der Waals surface area contributed by atoms with Gasteiger partial charge in [0.05, 0.1) is 5.02 Å². The smallest absolute Gasteiger partial charge is 0.146 e. The summed E-state index contributed by atoms with van der Waals surface area (Å²) in [6.45, 7) is 0.276. The van der Waals surface area contributed by atoms with Crippen LogP contribution in [-0.2, 0) is 6.61 Å². The minimum Gasteiger partial charge on any atom is -0.487 e. The van der Waals surface area contributed by atoms with E-state index < -0.39 is 0 Å². The van der Waals surface area contributed by atoms with Crippen molar-refractivity contribution in [1.29, 1.82) is 0 Å². The number of halogens is 2. The second-order valence-electron chi connectivity index (χ2n) is 3.27. The molecule has 0 aliphatic carbocycles. The Balaban J connectivity index is 2.05. The number of hydrogen-bond acceptors (Lipinski definition) is 1. The summed E-state index contributed by atoms with van der Waals surface area (Å²) in [7, 11) is 0. The van der Waals surface area contributed by atoms with E-state index in [1.165, 1.54) is 12.1 Å². The molecule has 0 amide bonds. The molecule has 0 aromatic heterocycles. The molecule has 0 heterocycles. The zero-order valence-corrected chi connectivity index (χ0v) is 9.17. The predicted molar refractivity (Wildman–Crippen MR) is 61.0 cm³/mol. The van der Waals surface area contributed by atoms with Crippen LogP contribution in [-0.4, -0.2) is 0 Å². The highest BCUT2D eigenvalue weighted by atomic mass is 35.5. The SMILES string of the molecule is Fc1cccc(COc2[c]cccc2Cl)c1. The molecule has 0 unspecified atom stereocenters. The van der Waals surface area contributed by atoms with Crippen molar-refractivity contribution in [3.8, 4) is 5.75 Å². The molecule has 2 aromatic carbocycles. The summed E-state index contributed by atoms with van der Waals surface area (Å²) < 4.78 is 18.3. The number of hydrogen-bond donors (Lipinski definition) is 0. The van der Waals surface area contributed by atoms with Gasteiger partial charge in [0.25, 0.3) is 0 Å². The van der Waals surface area contributed by atoms with E-state index in [2.05, 4.69) is 6.07 Å². The first-order chi connectivity index (χ1) is 7.75. The van der Waals surface area contributed by atoms with Crippen LogP contribution in [0.25, 0.3) is 0 Å². The van der Waals surface area contributed by atoms with Crippen molar-refractivity contribution < 1.29 is 9.13 Å². The molecule has 0 saturated heterocycles. The Hall–Kier alpha value is -1.54. The summed E-state index contributed by atoms with van der Waals surface area (Å²) in [5.74, 6) is 0.206. The molecule has 16 heavy (non-hydrogen) atoms. The molecule has 1 radical (unpaired) electrons. The molecule has 0 atom stereocenters. The van der Waals surface area contributed by atoms with Crippen molar-refractivity contribution in [3.05, 3.63) is 64.9 Å². The van der Waals surface area contributed by atoms with Crippen molar-refractivity contribution in [1.82, 2.24) is 0 Å². The fourth-order valence-corrected chi connectivity index (χ4v) is 1.48. The average Bonchev–Trinajstić information content (AvgIpc) is 2.28. The van der Waals surface area contributed by atoms with Gasteiger partial charge in [0.15, 0.2) is 0 Å². The number of ether oxygens (including phenoxy) is 1. The summed E-state index contributed by atoms with van der Waals surface area (Å²) in [6, 6.07) is 14.3. The van der Waals surface area contributed by atoms with Crippen molar-refractivity contribution in [3.63, 3.8) is 0 Å². The second kappa shape index (κ2) is 4.99. The third kappa shape index (κ3) is 2.74. The van der Waals surface area contributed by atoms with Crippen LogP contribution in [0.4, 0.5) is 4.39 Å². The maximum Gasteiger partial charge on any atom is 0.146 e. The quantitative estimate of drug-likeness (QED) is 0.785. The Labute approximate surface area is 98.4 Å². The van der Waals surface area contributed by atoms with Gasteiger partial charge in [0.1, 0.15) is 18.2 Å². The minimum atomic E-state index is -0.274. The van der Waals surface area contributed by atoms with Crippen LogP contribution in [0.15, 0.2) is 42.5 Å². The highest BCUT2D eigenvalue weighted by molar-refractivity contribution is 6.32. The van der Waals surface area contributed by atoms with Crippen LogP contribution in [0.5, 0.6) is 5.75 Å². The van der Waals surface area contributed by atoms with Crippen molar-refractivity contribution in [2.24, 2.45) is 0 Å². The normalized spacial score (nSPS) is 10.1. The van der Waals surface area contributed by atoms with Gasteiger partial charge in [-0.1, -0.05) is 35.9 Å². The number of benzene rings is 2. The van der Waals surface area contributed by atoms with Gasteiger partial charge in [-0.25, -0.2) is 4.39 Å². The van der Waals surface area contributed by atoms with E-state index in [-0.39, 0.29) is 12.4 Å². The highest BCUT2D eigenvalue weighted by Crippen LogP contribution is 2.23. The maximum absolute atomic E-state index is 12.9. The molecule has 0 aliphatic rings. The van der Waals surface area contributed by atoms with Crippen molar-refractivity contribution >= 4 is 11.6 Å². The molecule has 81 valence electrons. The molecular formula is C13H9ClFO. The average molecular weight is 236 g/mol. The molecule has 1 nitrogen and oxygen atoms in total. The third-order valence-corrected chi connectivity index (χ3v) is 2.34. The zero-order valence-electron chi connectivity index (χ0n) is 8.41. The molecule has 0 N–H and O–H groups in total. The van der Waals surface area contributed by atoms with Crippen LogP contribution < -0.4 is 4.74 Å². The van der Waals surface area contributed by atoms with Gasteiger partial charge in [-0.15, -0.1) is 0 Å². The zero-order chi connectivity index (χ0) is 11.4. The minimum absolute atomic E-state index is 0.274. The standard InChI is InChI=1S/C13H9ClFO/c14-12-6-1-2-7-13(12)16-9-10-4-3-5-11(15)8-10/h1-6,8H,9H2. The fourth-order valence-electron chi connectivity index (χ4n) is 1.29. The van der Waals surface area contributed by atoms with Crippen LogP contribution in [0, 0.1) is 11.9 Å². The van der Waals surface area contributed by atoms with Gasteiger partial charge < -0.3 is 4.74 Å². The van der Waals surface area contributed by atoms with Gasteiger partial charge in [-0.3, -0.25) is 0 Å². The Morgan fingerprint density at radius 1 is 1.25 bits per heavy atom. The van der Waals surface area contributed by atoms with Crippen LogP contribution >= 0.6 is 11.6 Å².